The first-order valence-electron chi connectivity index (χ1n) is 4.88. The van der Waals surface area contributed by atoms with E-state index in [0.29, 0.717) is 8.95 Å². The van der Waals surface area contributed by atoms with Crippen LogP contribution in [0.3, 0.4) is 0 Å². The van der Waals surface area contributed by atoms with E-state index in [1.165, 1.54) is 12.1 Å². The molecule has 3 nitrogen and oxygen atoms in total. The molecule has 0 radical (unpaired) electrons. The third-order valence-electron chi connectivity index (χ3n) is 2.24. The lowest BCUT2D eigenvalue weighted by Crippen LogP contribution is -1.94. The summed E-state index contributed by atoms with van der Waals surface area (Å²) < 4.78 is 13.8. The Morgan fingerprint density at radius 3 is 1.61 bits per heavy atom. The second-order valence-electron chi connectivity index (χ2n) is 3.49. The van der Waals surface area contributed by atoms with Crippen LogP contribution in [0.25, 0.3) is 0 Å². The maximum atomic E-state index is 12.3. The number of phenols is 2. The number of hydrogen-bond acceptors (Lipinski definition) is 3. The van der Waals surface area contributed by atoms with Gasteiger partial charge in [-0.2, -0.15) is 0 Å². The molecule has 6 heteroatoms. The molecule has 0 saturated carbocycles. The molecule has 0 fully saturated rings. The molecule has 2 aromatic rings. The normalized spacial score (nSPS) is 10.8. The zero-order valence-corrected chi connectivity index (χ0v) is 12.9. The van der Waals surface area contributed by atoms with Crippen LogP contribution < -0.4 is 0 Å². The van der Waals surface area contributed by atoms with Gasteiger partial charge in [-0.1, -0.05) is 31.9 Å². The van der Waals surface area contributed by atoms with E-state index < -0.39 is 10.8 Å². The maximum Gasteiger partial charge on any atom is 0.132 e. The van der Waals surface area contributed by atoms with Gasteiger partial charge in [0.15, 0.2) is 0 Å². The van der Waals surface area contributed by atoms with E-state index in [0.717, 1.165) is 0 Å². The smallest absolute Gasteiger partial charge is 0.132 e. The highest BCUT2D eigenvalue weighted by Crippen LogP contribution is 2.33. The number of rotatable bonds is 2. The molecule has 0 bridgehead atoms. The number of benzene rings is 2. The monoisotopic (exact) mass is 390 g/mol. The Balaban J connectivity index is 2.54. The molecule has 0 saturated heterocycles. The van der Waals surface area contributed by atoms with Crippen molar-refractivity contribution in [3.63, 3.8) is 0 Å². The van der Waals surface area contributed by atoms with Crippen LogP contribution in [-0.4, -0.2) is 14.4 Å². The van der Waals surface area contributed by atoms with Crippen molar-refractivity contribution in [2.45, 2.75) is 9.79 Å². The fourth-order valence-corrected chi connectivity index (χ4v) is 3.64. The summed E-state index contributed by atoms with van der Waals surface area (Å²) in [6.45, 7) is 0. The molecule has 0 spiro atoms. The van der Waals surface area contributed by atoms with Gasteiger partial charge in [0, 0.05) is 8.95 Å². The summed E-state index contributed by atoms with van der Waals surface area (Å²) in [7, 11) is -1.65. The standard InChI is InChI=1S/C12H8Br2O3S/c13-7-1-3-9(15)11(5-7)18(17)12-6-8(14)2-4-10(12)16/h1-6,15-16H. The number of phenolic OH excluding ortho intramolecular Hbond substituents is 2. The van der Waals surface area contributed by atoms with Gasteiger partial charge in [-0.25, -0.2) is 4.21 Å². The van der Waals surface area contributed by atoms with Crippen molar-refractivity contribution in [1.82, 2.24) is 0 Å². The van der Waals surface area contributed by atoms with Crippen LogP contribution in [0, 0.1) is 0 Å². The molecule has 0 aromatic heterocycles. The van der Waals surface area contributed by atoms with Gasteiger partial charge in [-0.3, -0.25) is 0 Å². The van der Waals surface area contributed by atoms with Crippen molar-refractivity contribution >= 4 is 42.7 Å². The molecule has 0 atom stereocenters. The average Bonchev–Trinajstić information content (AvgIpc) is 2.34. The molecule has 0 aliphatic rings. The van der Waals surface area contributed by atoms with E-state index in [4.69, 9.17) is 0 Å². The summed E-state index contributed by atoms with van der Waals surface area (Å²) in [5.74, 6) is -0.146. The van der Waals surface area contributed by atoms with Gasteiger partial charge in [0.25, 0.3) is 0 Å². The number of hydrogen-bond donors (Lipinski definition) is 2. The second-order valence-corrected chi connectivity index (χ2v) is 6.74. The first kappa shape index (κ1) is 13.6. The second kappa shape index (κ2) is 5.42. The molecule has 2 rings (SSSR count). The molecule has 0 aliphatic carbocycles. The fourth-order valence-electron chi connectivity index (χ4n) is 1.39. The van der Waals surface area contributed by atoms with E-state index >= 15 is 0 Å². The highest BCUT2D eigenvalue weighted by Gasteiger charge is 2.16. The zero-order chi connectivity index (χ0) is 13.3. The molecule has 0 aliphatic heterocycles. The molecule has 2 aromatic carbocycles. The molecule has 18 heavy (non-hydrogen) atoms. The summed E-state index contributed by atoms with van der Waals surface area (Å²) in [5.41, 5.74) is 0. The van der Waals surface area contributed by atoms with Gasteiger partial charge in [0.1, 0.15) is 11.5 Å². The lowest BCUT2D eigenvalue weighted by Gasteiger charge is -2.07. The molecular formula is C12H8Br2O3S. The van der Waals surface area contributed by atoms with Crippen LogP contribution in [-0.2, 0) is 10.8 Å². The van der Waals surface area contributed by atoms with Crippen molar-refractivity contribution in [1.29, 1.82) is 0 Å². The SMILES string of the molecule is O=S(c1cc(Br)ccc1O)c1cc(Br)ccc1O. The van der Waals surface area contributed by atoms with Gasteiger partial charge in [0.05, 0.1) is 20.6 Å². The Hall–Kier alpha value is -0.850. The van der Waals surface area contributed by atoms with Crippen molar-refractivity contribution in [3.05, 3.63) is 45.3 Å². The van der Waals surface area contributed by atoms with Crippen LogP contribution in [0.15, 0.2) is 55.1 Å². The van der Waals surface area contributed by atoms with Gasteiger partial charge in [-0.15, -0.1) is 0 Å². The van der Waals surface area contributed by atoms with Crippen LogP contribution >= 0.6 is 31.9 Å². The van der Waals surface area contributed by atoms with E-state index in [2.05, 4.69) is 31.9 Å². The highest BCUT2D eigenvalue weighted by molar-refractivity contribution is 9.10. The summed E-state index contributed by atoms with van der Waals surface area (Å²) in [6.07, 6.45) is 0. The number of aromatic hydroxyl groups is 2. The Kier molecular flexibility index (Phi) is 4.09. The lowest BCUT2D eigenvalue weighted by atomic mass is 10.3. The predicted octanol–water partition coefficient (Wildman–Crippen LogP) is 3.79. The van der Waals surface area contributed by atoms with Crippen LogP contribution in [0.2, 0.25) is 0 Å². The van der Waals surface area contributed by atoms with Gasteiger partial charge in [0.2, 0.25) is 0 Å². The topological polar surface area (TPSA) is 57.5 Å². The molecule has 0 amide bonds. The Morgan fingerprint density at radius 2 is 1.22 bits per heavy atom. The first-order chi connectivity index (χ1) is 8.49. The minimum atomic E-state index is -1.65. The molecule has 0 unspecified atom stereocenters. The summed E-state index contributed by atoms with van der Waals surface area (Å²) >= 11 is 6.51. The van der Waals surface area contributed by atoms with E-state index in [1.54, 1.807) is 24.3 Å². The van der Waals surface area contributed by atoms with Gasteiger partial charge < -0.3 is 10.2 Å². The van der Waals surface area contributed by atoms with Gasteiger partial charge in [-0.05, 0) is 36.4 Å². The van der Waals surface area contributed by atoms with Crippen molar-refractivity contribution < 1.29 is 14.4 Å². The average molecular weight is 392 g/mol. The molecule has 0 heterocycles. The lowest BCUT2D eigenvalue weighted by molar-refractivity contribution is 0.457. The summed E-state index contributed by atoms with van der Waals surface area (Å²) in [6, 6.07) is 9.32. The molecular weight excluding hydrogens is 384 g/mol. The Labute approximate surface area is 123 Å². The third-order valence-corrected chi connectivity index (χ3v) is 4.68. The summed E-state index contributed by atoms with van der Waals surface area (Å²) in [5, 5.41) is 19.4. The van der Waals surface area contributed by atoms with E-state index in [-0.39, 0.29) is 21.3 Å². The maximum absolute atomic E-state index is 12.3. The largest absolute Gasteiger partial charge is 0.507 e. The molecule has 94 valence electrons. The minimum absolute atomic E-state index is 0.0732. The number of halogens is 2. The van der Waals surface area contributed by atoms with Crippen molar-refractivity contribution in [2.24, 2.45) is 0 Å². The summed E-state index contributed by atoms with van der Waals surface area (Å²) in [4.78, 5) is 0.496. The minimum Gasteiger partial charge on any atom is -0.507 e. The van der Waals surface area contributed by atoms with Crippen LogP contribution in [0.5, 0.6) is 11.5 Å². The third kappa shape index (κ3) is 2.76. The first-order valence-corrected chi connectivity index (χ1v) is 7.61. The van der Waals surface area contributed by atoms with E-state index in [1.807, 2.05) is 0 Å². The zero-order valence-electron chi connectivity index (χ0n) is 8.93. The molecule has 2 N–H and O–H groups in total. The van der Waals surface area contributed by atoms with Crippen LogP contribution in [0.4, 0.5) is 0 Å². The fraction of sp³-hybridized carbons (Fsp3) is 0. The van der Waals surface area contributed by atoms with Crippen molar-refractivity contribution in [3.8, 4) is 11.5 Å². The Morgan fingerprint density at radius 1 is 0.833 bits per heavy atom. The quantitative estimate of drug-likeness (QED) is 0.818. The highest BCUT2D eigenvalue weighted by atomic mass is 79.9. The van der Waals surface area contributed by atoms with E-state index in [9.17, 15) is 14.4 Å². The van der Waals surface area contributed by atoms with Crippen molar-refractivity contribution in [2.75, 3.05) is 0 Å². The Bertz CT molecular complexity index is 575. The van der Waals surface area contributed by atoms with Crippen LogP contribution in [0.1, 0.15) is 0 Å². The predicted molar refractivity (Wildman–Crippen MR) is 76.3 cm³/mol. The van der Waals surface area contributed by atoms with Gasteiger partial charge >= 0.3 is 0 Å².